The second-order valence-electron chi connectivity index (χ2n) is 9.58. The van der Waals surface area contributed by atoms with Gasteiger partial charge in [0.25, 0.3) is 5.91 Å². The molecule has 0 spiro atoms. The zero-order valence-electron chi connectivity index (χ0n) is 20.0. The average Bonchev–Trinajstić information content (AvgIpc) is 2.84. The van der Waals surface area contributed by atoms with Crippen molar-refractivity contribution in [1.29, 1.82) is 0 Å². The van der Waals surface area contributed by atoms with Gasteiger partial charge in [0.2, 0.25) is 10.0 Å². The van der Waals surface area contributed by atoms with Crippen LogP contribution in [-0.4, -0.2) is 71.2 Å². The Morgan fingerprint density at radius 2 is 1.47 bits per heavy atom. The van der Waals surface area contributed by atoms with Crippen LogP contribution in [0, 0.1) is 0 Å². The molecule has 2 saturated heterocycles. The fourth-order valence-corrected chi connectivity index (χ4v) is 5.54. The monoisotopic (exact) mass is 487 g/mol. The maximum atomic E-state index is 13.2. The van der Waals surface area contributed by atoms with Crippen LogP contribution in [-0.2, 0) is 24.9 Å². The van der Waals surface area contributed by atoms with Crippen LogP contribution in [0.2, 0.25) is 0 Å². The molecule has 2 heterocycles. The van der Waals surface area contributed by atoms with Crippen molar-refractivity contribution in [3.8, 4) is 0 Å². The summed E-state index contributed by atoms with van der Waals surface area (Å²) in [7, 11) is -3.70. The van der Waals surface area contributed by atoms with Gasteiger partial charge in [-0.05, 0) is 41.3 Å². The highest BCUT2D eigenvalue weighted by Gasteiger charge is 2.28. The first-order valence-corrected chi connectivity index (χ1v) is 13.1. The third kappa shape index (κ3) is 5.43. The van der Waals surface area contributed by atoms with Crippen LogP contribution in [0.3, 0.4) is 0 Å². The van der Waals surface area contributed by atoms with Crippen molar-refractivity contribution < 1.29 is 22.7 Å². The van der Waals surface area contributed by atoms with E-state index in [1.807, 2.05) is 12.1 Å². The van der Waals surface area contributed by atoms with E-state index in [-0.39, 0.29) is 16.2 Å². The van der Waals surface area contributed by atoms with Crippen molar-refractivity contribution in [2.75, 3.05) is 62.8 Å². The van der Waals surface area contributed by atoms with E-state index in [2.05, 4.69) is 31.0 Å². The van der Waals surface area contributed by atoms with E-state index >= 15 is 0 Å². The summed E-state index contributed by atoms with van der Waals surface area (Å²) in [6, 6.07) is 12.5. The molecule has 2 aromatic rings. The van der Waals surface area contributed by atoms with E-state index in [1.54, 1.807) is 30.3 Å². The van der Waals surface area contributed by atoms with Gasteiger partial charge >= 0.3 is 0 Å². The predicted molar refractivity (Wildman–Crippen MR) is 132 cm³/mol. The highest BCUT2D eigenvalue weighted by atomic mass is 32.2. The average molecular weight is 488 g/mol. The number of rotatable bonds is 5. The number of carbonyl (C=O) groups is 1. The van der Waals surface area contributed by atoms with Gasteiger partial charge in [-0.15, -0.1) is 0 Å². The summed E-state index contributed by atoms with van der Waals surface area (Å²) in [5.74, 6) is -0.282. The molecule has 4 rings (SSSR count). The van der Waals surface area contributed by atoms with Crippen LogP contribution in [0.1, 0.15) is 36.7 Å². The molecule has 0 saturated carbocycles. The molecule has 0 radical (unpaired) electrons. The largest absolute Gasteiger partial charge is 0.379 e. The maximum absolute atomic E-state index is 13.2. The molecule has 0 bridgehead atoms. The van der Waals surface area contributed by atoms with E-state index < -0.39 is 10.0 Å². The number of hydrogen-bond acceptors (Lipinski definition) is 6. The molecule has 0 aromatic heterocycles. The van der Waals surface area contributed by atoms with Crippen molar-refractivity contribution in [2.45, 2.75) is 31.1 Å². The minimum absolute atomic E-state index is 0.0132. The Hall–Kier alpha value is -2.46. The Morgan fingerprint density at radius 1 is 0.882 bits per heavy atom. The fourth-order valence-electron chi connectivity index (χ4n) is 4.11. The summed E-state index contributed by atoms with van der Waals surface area (Å²) in [4.78, 5) is 15.4. The molecule has 1 amide bonds. The molecule has 34 heavy (non-hydrogen) atoms. The van der Waals surface area contributed by atoms with Crippen LogP contribution in [0.15, 0.2) is 47.4 Å². The number of sulfonamides is 1. The Morgan fingerprint density at radius 3 is 2.06 bits per heavy atom. The Labute approximate surface area is 201 Å². The van der Waals surface area contributed by atoms with Crippen LogP contribution in [0.4, 0.5) is 11.4 Å². The van der Waals surface area contributed by atoms with E-state index in [0.29, 0.717) is 63.9 Å². The number of nitrogens with zero attached hydrogens (tertiary/aromatic N) is 2. The van der Waals surface area contributed by atoms with Gasteiger partial charge in [0.15, 0.2) is 0 Å². The van der Waals surface area contributed by atoms with E-state index in [1.165, 1.54) is 4.31 Å². The molecule has 0 aliphatic carbocycles. The van der Waals surface area contributed by atoms with Gasteiger partial charge in [0.1, 0.15) is 0 Å². The van der Waals surface area contributed by atoms with Crippen molar-refractivity contribution >= 4 is 27.3 Å². The highest BCUT2D eigenvalue weighted by molar-refractivity contribution is 7.89. The van der Waals surface area contributed by atoms with Gasteiger partial charge in [0, 0.05) is 31.7 Å². The summed E-state index contributed by atoms with van der Waals surface area (Å²) in [6.45, 7) is 10.2. The van der Waals surface area contributed by atoms with Crippen molar-refractivity contribution in [2.24, 2.45) is 0 Å². The number of amides is 1. The van der Waals surface area contributed by atoms with E-state index in [0.717, 1.165) is 11.3 Å². The normalized spacial score (nSPS) is 18.0. The molecule has 2 aliphatic heterocycles. The Bertz CT molecular complexity index is 1110. The van der Waals surface area contributed by atoms with E-state index in [9.17, 15) is 13.2 Å². The molecule has 1 N–H and O–H groups in total. The van der Waals surface area contributed by atoms with E-state index in [4.69, 9.17) is 9.47 Å². The number of anilines is 2. The second kappa shape index (κ2) is 10.0. The first-order chi connectivity index (χ1) is 16.2. The van der Waals surface area contributed by atoms with Gasteiger partial charge in [-0.25, -0.2) is 8.42 Å². The van der Waals surface area contributed by atoms with Crippen LogP contribution < -0.4 is 10.2 Å². The molecular formula is C25H33N3O5S. The molecular weight excluding hydrogens is 454 g/mol. The summed E-state index contributed by atoms with van der Waals surface area (Å²) >= 11 is 0. The predicted octanol–water partition coefficient (Wildman–Crippen LogP) is 3.09. The van der Waals surface area contributed by atoms with Gasteiger partial charge in [-0.2, -0.15) is 4.31 Å². The fraction of sp³-hybridized carbons (Fsp3) is 0.480. The quantitative estimate of drug-likeness (QED) is 0.697. The van der Waals surface area contributed by atoms with Crippen molar-refractivity contribution in [3.05, 3.63) is 53.6 Å². The second-order valence-corrected chi connectivity index (χ2v) is 11.5. The van der Waals surface area contributed by atoms with Gasteiger partial charge in [0.05, 0.1) is 42.7 Å². The third-order valence-electron chi connectivity index (χ3n) is 6.19. The van der Waals surface area contributed by atoms with Gasteiger partial charge < -0.3 is 19.7 Å². The summed E-state index contributed by atoms with van der Waals surface area (Å²) in [5, 5.41) is 2.97. The molecule has 0 atom stereocenters. The van der Waals surface area contributed by atoms with Crippen LogP contribution in [0.25, 0.3) is 0 Å². The number of morpholine rings is 2. The highest BCUT2D eigenvalue weighted by Crippen LogP contribution is 2.32. The lowest BCUT2D eigenvalue weighted by molar-refractivity contribution is 0.0730. The Kier molecular flexibility index (Phi) is 7.28. The first kappa shape index (κ1) is 24.7. The molecule has 2 aliphatic rings. The lowest BCUT2D eigenvalue weighted by atomic mass is 9.87. The van der Waals surface area contributed by atoms with Crippen LogP contribution in [0.5, 0.6) is 0 Å². The third-order valence-corrected chi connectivity index (χ3v) is 8.08. The van der Waals surface area contributed by atoms with Crippen LogP contribution >= 0.6 is 0 Å². The number of benzene rings is 2. The number of ether oxygens (including phenoxy) is 2. The molecule has 9 heteroatoms. The molecule has 2 fully saturated rings. The summed E-state index contributed by atoms with van der Waals surface area (Å²) in [5.41, 5.74) is 2.89. The number of hydrogen-bond donors (Lipinski definition) is 1. The first-order valence-electron chi connectivity index (χ1n) is 11.6. The maximum Gasteiger partial charge on any atom is 0.255 e. The molecule has 0 unspecified atom stereocenters. The lowest BCUT2D eigenvalue weighted by Crippen LogP contribution is -2.40. The minimum Gasteiger partial charge on any atom is -0.379 e. The minimum atomic E-state index is -3.70. The number of nitrogens with one attached hydrogen (secondary N) is 1. The zero-order chi connectivity index (χ0) is 24.3. The SMILES string of the molecule is CC(C)(C)c1ccc(C(=O)Nc2cc(S(=O)(=O)N3CCOCC3)ccc2N2CCOCC2)cc1. The Balaban J connectivity index is 1.65. The number of carbonyl (C=O) groups excluding carboxylic acids is 1. The van der Waals surface area contributed by atoms with Gasteiger partial charge in [-0.3, -0.25) is 4.79 Å². The summed E-state index contributed by atoms with van der Waals surface area (Å²) < 4.78 is 38.7. The lowest BCUT2D eigenvalue weighted by Gasteiger charge is -2.31. The topological polar surface area (TPSA) is 88.2 Å². The zero-order valence-corrected chi connectivity index (χ0v) is 20.9. The molecule has 2 aromatic carbocycles. The van der Waals surface area contributed by atoms with Crippen molar-refractivity contribution in [1.82, 2.24) is 4.31 Å². The van der Waals surface area contributed by atoms with Crippen molar-refractivity contribution in [3.63, 3.8) is 0 Å². The van der Waals surface area contributed by atoms with Gasteiger partial charge in [-0.1, -0.05) is 32.9 Å². The molecule has 8 nitrogen and oxygen atoms in total. The molecule has 184 valence electrons. The standard InChI is InChI=1S/C25H33N3O5S/c1-25(2,3)20-6-4-19(5-7-20)24(29)26-22-18-21(34(30,31)28-12-16-33-17-13-28)8-9-23(22)27-10-14-32-15-11-27/h4-9,18H,10-17H2,1-3H3,(H,26,29). The smallest absolute Gasteiger partial charge is 0.255 e. The summed E-state index contributed by atoms with van der Waals surface area (Å²) in [6.07, 6.45) is 0.